The second-order valence-corrected chi connectivity index (χ2v) is 9.96. The molecule has 2 aromatic carbocycles. The van der Waals surface area contributed by atoms with Gasteiger partial charge in [0, 0.05) is 31.3 Å². The first kappa shape index (κ1) is 20.5. The lowest BCUT2D eigenvalue weighted by Crippen LogP contribution is -2.58. The molecule has 2 aromatic rings. The van der Waals surface area contributed by atoms with Gasteiger partial charge in [0.25, 0.3) is 0 Å². The number of amides is 2. The fourth-order valence-corrected chi connectivity index (χ4v) is 7.37. The van der Waals surface area contributed by atoms with Crippen molar-refractivity contribution in [3.05, 3.63) is 70.7 Å². The van der Waals surface area contributed by atoms with E-state index >= 15 is 0 Å². The topological polar surface area (TPSA) is 144 Å². The van der Waals surface area contributed by atoms with E-state index in [4.69, 9.17) is 14.8 Å². The number of hydrogen-bond donors (Lipinski definition) is 3. The highest BCUT2D eigenvalue weighted by Gasteiger charge is 2.79. The van der Waals surface area contributed by atoms with Crippen molar-refractivity contribution >= 4 is 30.8 Å². The number of carbonyl (C=O) groups is 2. The zero-order valence-electron chi connectivity index (χ0n) is 17.2. The van der Waals surface area contributed by atoms with E-state index in [9.17, 15) is 19.4 Å². The smallest absolute Gasteiger partial charge is 0.360 e. The molecular weight excluding hydrogens is 431 g/mol. The van der Waals surface area contributed by atoms with Gasteiger partial charge in [0.2, 0.25) is 11.8 Å². The first-order chi connectivity index (χ1) is 15.3. The lowest BCUT2D eigenvalue weighted by Gasteiger charge is -2.41. The summed E-state index contributed by atoms with van der Waals surface area (Å²) < 4.78 is 24.5. The van der Waals surface area contributed by atoms with Crippen LogP contribution in [0.25, 0.3) is 0 Å². The summed E-state index contributed by atoms with van der Waals surface area (Å²) in [6, 6.07) is 15.7. The molecule has 3 atom stereocenters. The van der Waals surface area contributed by atoms with Crippen molar-refractivity contribution in [1.82, 2.24) is 0 Å². The second kappa shape index (κ2) is 6.53. The van der Waals surface area contributed by atoms with E-state index in [1.807, 2.05) is 0 Å². The molecule has 0 bridgehead atoms. The summed E-state index contributed by atoms with van der Waals surface area (Å²) >= 11 is 0. The molecule has 2 heterocycles. The number of hydrogen-bond acceptors (Lipinski definition) is 7. The number of para-hydroxylation sites is 2. The maximum absolute atomic E-state index is 13.9. The molecule has 0 radical (unpaired) electrons. The third kappa shape index (κ3) is 1.98. The Labute approximate surface area is 183 Å². The minimum Gasteiger partial charge on any atom is -0.400 e. The number of rotatable bonds is 3. The molecular formula is C22H19N4O5P. The number of anilines is 2. The monoisotopic (exact) mass is 450 g/mol. The van der Waals surface area contributed by atoms with Crippen LogP contribution < -0.4 is 16.4 Å². The molecule has 32 heavy (non-hydrogen) atoms. The van der Waals surface area contributed by atoms with Crippen molar-refractivity contribution in [1.29, 1.82) is 5.26 Å². The molecule has 5 rings (SSSR count). The van der Waals surface area contributed by atoms with E-state index in [1.54, 1.807) is 48.5 Å². The molecule has 9 nitrogen and oxygen atoms in total. The number of nitriles is 1. The van der Waals surface area contributed by atoms with Crippen LogP contribution in [0, 0.1) is 17.2 Å². The van der Waals surface area contributed by atoms with E-state index in [2.05, 4.69) is 16.7 Å². The van der Waals surface area contributed by atoms with Crippen LogP contribution in [-0.4, -0.2) is 26.0 Å². The van der Waals surface area contributed by atoms with Gasteiger partial charge in [-0.15, -0.1) is 0 Å². The maximum Gasteiger partial charge on any atom is 0.360 e. The van der Waals surface area contributed by atoms with Gasteiger partial charge in [0.1, 0.15) is 16.7 Å². The van der Waals surface area contributed by atoms with Gasteiger partial charge >= 0.3 is 7.60 Å². The third-order valence-electron chi connectivity index (χ3n) is 6.73. The Morgan fingerprint density at radius 3 is 2.09 bits per heavy atom. The third-order valence-corrected chi connectivity index (χ3v) is 8.83. The fourth-order valence-electron chi connectivity index (χ4n) is 5.60. The molecule has 10 heteroatoms. The van der Waals surface area contributed by atoms with Gasteiger partial charge in [0.15, 0.2) is 0 Å². The number of nitrogens with one attached hydrogen (secondary N) is 2. The number of nitrogens with two attached hydrogens (primary N) is 1. The van der Waals surface area contributed by atoms with Gasteiger partial charge in [-0.1, -0.05) is 36.4 Å². The Hall–Kier alpha value is -3.44. The zero-order chi connectivity index (χ0) is 22.9. The molecule has 0 unspecified atom stereocenters. The number of nitrogens with zero attached hydrogens (tertiary/aromatic N) is 1. The van der Waals surface area contributed by atoms with E-state index in [1.165, 1.54) is 14.2 Å². The van der Waals surface area contributed by atoms with Gasteiger partial charge in [-0.3, -0.25) is 14.2 Å². The normalized spacial score (nSPS) is 28.0. The van der Waals surface area contributed by atoms with Crippen LogP contribution in [0.3, 0.4) is 0 Å². The second-order valence-electron chi connectivity index (χ2n) is 7.79. The summed E-state index contributed by atoms with van der Waals surface area (Å²) in [7, 11) is -1.85. The van der Waals surface area contributed by atoms with Crippen LogP contribution >= 0.6 is 7.60 Å². The highest BCUT2D eigenvalue weighted by molar-refractivity contribution is 7.58. The fraction of sp³-hybridized carbons (Fsp3) is 0.227. The van der Waals surface area contributed by atoms with Crippen LogP contribution in [0.4, 0.5) is 11.4 Å². The molecule has 2 aliphatic heterocycles. The van der Waals surface area contributed by atoms with Crippen molar-refractivity contribution in [2.45, 2.75) is 10.8 Å². The molecule has 3 aliphatic rings. The average molecular weight is 450 g/mol. The van der Waals surface area contributed by atoms with E-state index < -0.39 is 36.2 Å². The first-order valence-corrected chi connectivity index (χ1v) is 11.3. The standard InChI is InChI=1S/C22H19N4O5P/c1-30-32(29,31-2)18-17(24)14(11-23)21(12-7-3-5-9-15(12)25-19(21)27)22(18)13-8-4-6-10-16(13)26-20(22)28/h3-10,14H,24H2,1-2H3,(H,25,27)(H,26,28)/t14-,21+,22-/m1/s1. The Kier molecular flexibility index (Phi) is 4.18. The van der Waals surface area contributed by atoms with Crippen molar-refractivity contribution in [3.8, 4) is 6.07 Å². The average Bonchev–Trinajstić information content (AvgIpc) is 3.35. The van der Waals surface area contributed by atoms with Crippen LogP contribution in [0.2, 0.25) is 0 Å². The van der Waals surface area contributed by atoms with Gasteiger partial charge < -0.3 is 25.4 Å². The maximum atomic E-state index is 13.9. The quantitative estimate of drug-likeness (QED) is 0.610. The van der Waals surface area contributed by atoms with Crippen LogP contribution in [-0.2, 0) is 34.0 Å². The predicted molar refractivity (Wildman–Crippen MR) is 115 cm³/mol. The Balaban J connectivity index is 2.03. The molecule has 0 aromatic heterocycles. The van der Waals surface area contributed by atoms with Crippen LogP contribution in [0.1, 0.15) is 11.1 Å². The van der Waals surface area contributed by atoms with Crippen LogP contribution in [0.15, 0.2) is 59.5 Å². The summed E-state index contributed by atoms with van der Waals surface area (Å²) in [5.74, 6) is -2.53. The van der Waals surface area contributed by atoms with Gasteiger partial charge in [0.05, 0.1) is 11.4 Å². The summed E-state index contributed by atoms with van der Waals surface area (Å²) in [5.41, 5.74) is 4.25. The highest BCUT2D eigenvalue weighted by atomic mass is 31.2. The summed E-state index contributed by atoms with van der Waals surface area (Å²) in [6.45, 7) is 0. The minimum absolute atomic E-state index is 0.168. The zero-order valence-corrected chi connectivity index (χ0v) is 18.1. The Morgan fingerprint density at radius 1 is 0.969 bits per heavy atom. The lowest BCUT2D eigenvalue weighted by molar-refractivity contribution is -0.130. The number of carbonyl (C=O) groups excluding carboxylic acids is 2. The van der Waals surface area contributed by atoms with Crippen molar-refractivity contribution < 1.29 is 23.2 Å². The highest BCUT2D eigenvalue weighted by Crippen LogP contribution is 2.75. The Morgan fingerprint density at radius 2 is 1.50 bits per heavy atom. The van der Waals surface area contributed by atoms with Crippen molar-refractivity contribution in [2.75, 3.05) is 24.9 Å². The molecule has 1 aliphatic carbocycles. The predicted octanol–water partition coefficient (Wildman–Crippen LogP) is 2.58. The molecule has 2 amide bonds. The van der Waals surface area contributed by atoms with Gasteiger partial charge in [-0.05, 0) is 23.3 Å². The summed E-state index contributed by atoms with van der Waals surface area (Å²) in [4.78, 5) is 27.8. The largest absolute Gasteiger partial charge is 0.400 e. The molecule has 4 N–H and O–H groups in total. The van der Waals surface area contributed by atoms with E-state index in [-0.39, 0.29) is 11.0 Å². The van der Waals surface area contributed by atoms with E-state index in [0.717, 1.165) is 0 Å². The first-order valence-electron chi connectivity index (χ1n) is 9.78. The summed E-state index contributed by atoms with van der Waals surface area (Å²) in [6.07, 6.45) is 0. The van der Waals surface area contributed by atoms with E-state index in [0.29, 0.717) is 22.5 Å². The van der Waals surface area contributed by atoms with Crippen molar-refractivity contribution in [3.63, 3.8) is 0 Å². The number of benzene rings is 2. The van der Waals surface area contributed by atoms with Crippen molar-refractivity contribution in [2.24, 2.45) is 11.7 Å². The molecule has 0 saturated heterocycles. The van der Waals surface area contributed by atoms with Gasteiger partial charge in [-0.2, -0.15) is 5.26 Å². The minimum atomic E-state index is -4.20. The van der Waals surface area contributed by atoms with Gasteiger partial charge in [-0.25, -0.2) is 0 Å². The summed E-state index contributed by atoms with van der Waals surface area (Å²) in [5, 5.41) is 15.7. The molecule has 0 fully saturated rings. The number of fused-ring (bicyclic) bond motifs is 5. The Bertz CT molecular complexity index is 1320. The SMILES string of the molecule is COP(=O)(OC)C1=C(N)[C@@H](C#N)[C@@]2(C(=O)Nc3ccccc32)[C@@]12C(=O)Nc1ccccc12. The lowest BCUT2D eigenvalue weighted by atomic mass is 9.56. The molecule has 0 saturated carbocycles. The molecule has 2 spiro atoms. The number of allylic oxidation sites excluding steroid dienone is 1. The van der Waals surface area contributed by atoms with Crippen LogP contribution in [0.5, 0.6) is 0 Å². The molecule has 162 valence electrons.